The molecular weight excluding hydrogens is 509 g/mol. The van der Waals surface area contributed by atoms with Crippen LogP contribution in [0.25, 0.3) is 16.9 Å². The van der Waals surface area contributed by atoms with Crippen molar-refractivity contribution in [1.29, 1.82) is 0 Å². The SMILES string of the molecule is COc1ncc(-c2ccn3ncc(C#CC4CNCC4F)c3n2)cc1NS(=O)(=O)c1ccc(F)cc1F. The molecule has 2 atom stereocenters. The largest absolute Gasteiger partial charge is 0.480 e. The Bertz CT molecular complexity index is 1670. The van der Waals surface area contributed by atoms with Gasteiger partial charge in [0.05, 0.1) is 30.5 Å². The number of nitrogens with one attached hydrogen (secondary N) is 2. The van der Waals surface area contributed by atoms with E-state index >= 15 is 0 Å². The summed E-state index contributed by atoms with van der Waals surface area (Å²) in [5.74, 6) is 3.21. The smallest absolute Gasteiger partial charge is 0.264 e. The van der Waals surface area contributed by atoms with Crippen molar-refractivity contribution in [2.24, 2.45) is 5.92 Å². The van der Waals surface area contributed by atoms with Gasteiger partial charge in [-0.1, -0.05) is 11.8 Å². The number of methoxy groups -OCH3 is 1. The molecule has 1 aliphatic rings. The van der Waals surface area contributed by atoms with E-state index in [-0.39, 0.29) is 18.1 Å². The van der Waals surface area contributed by atoms with Crippen molar-refractivity contribution in [2.75, 3.05) is 24.9 Å². The Morgan fingerprint density at radius 2 is 2.03 bits per heavy atom. The van der Waals surface area contributed by atoms with Crippen LogP contribution < -0.4 is 14.8 Å². The third-order valence-electron chi connectivity index (χ3n) is 5.67. The van der Waals surface area contributed by atoms with Crippen molar-refractivity contribution < 1.29 is 26.3 Å². The molecule has 13 heteroatoms. The summed E-state index contributed by atoms with van der Waals surface area (Å²) in [7, 11) is -3.15. The van der Waals surface area contributed by atoms with Crippen LogP contribution in [0.15, 0.2) is 53.8 Å². The van der Waals surface area contributed by atoms with E-state index in [1.807, 2.05) is 0 Å². The Balaban J connectivity index is 1.50. The van der Waals surface area contributed by atoms with Gasteiger partial charge in [-0.25, -0.2) is 36.1 Å². The third kappa shape index (κ3) is 4.93. The molecule has 1 fully saturated rings. The third-order valence-corrected chi connectivity index (χ3v) is 7.07. The summed E-state index contributed by atoms with van der Waals surface area (Å²) in [4.78, 5) is 7.97. The lowest BCUT2D eigenvalue weighted by atomic mass is 10.1. The van der Waals surface area contributed by atoms with Gasteiger partial charge in [0.15, 0.2) is 5.65 Å². The molecule has 0 radical (unpaired) electrons. The van der Waals surface area contributed by atoms with Crippen LogP contribution >= 0.6 is 0 Å². The number of sulfonamides is 1. The van der Waals surface area contributed by atoms with Crippen LogP contribution in [0.4, 0.5) is 18.9 Å². The van der Waals surface area contributed by atoms with Crippen LogP contribution in [0.5, 0.6) is 5.88 Å². The Hall–Kier alpha value is -4.15. The first-order chi connectivity index (χ1) is 17.7. The summed E-state index contributed by atoms with van der Waals surface area (Å²) in [5, 5.41) is 7.16. The predicted octanol–water partition coefficient (Wildman–Crippen LogP) is 2.79. The fourth-order valence-corrected chi connectivity index (χ4v) is 4.91. The number of aromatic nitrogens is 4. The minimum Gasteiger partial charge on any atom is -0.480 e. The number of pyridine rings is 1. The maximum atomic E-state index is 14.2. The number of benzene rings is 1. The van der Waals surface area contributed by atoms with Gasteiger partial charge in [0, 0.05) is 37.1 Å². The molecule has 4 aromatic rings. The molecule has 3 aromatic heterocycles. The molecule has 0 spiro atoms. The van der Waals surface area contributed by atoms with E-state index in [2.05, 4.69) is 36.9 Å². The standard InChI is InChI=1S/C24H19F3N6O3S/c1-36-24-21(32-37(34,35)22-5-4-17(25)9-18(22)26)8-16(11-29-24)20-6-7-33-23(31-20)15(12-30-33)3-2-14-10-28-13-19(14)27/h4-9,11-12,14,19,28,32H,10,13H2,1H3. The first-order valence-electron chi connectivity index (χ1n) is 11.0. The van der Waals surface area contributed by atoms with E-state index in [1.54, 1.807) is 12.3 Å². The molecule has 9 nitrogen and oxygen atoms in total. The highest BCUT2D eigenvalue weighted by Crippen LogP contribution is 2.30. The van der Waals surface area contributed by atoms with Gasteiger partial charge < -0.3 is 10.1 Å². The molecule has 5 rings (SSSR count). The molecule has 37 heavy (non-hydrogen) atoms. The Kier molecular flexibility index (Phi) is 6.45. The van der Waals surface area contributed by atoms with Crippen LogP contribution in [-0.2, 0) is 10.0 Å². The second kappa shape index (κ2) is 9.72. The predicted molar refractivity (Wildman–Crippen MR) is 128 cm³/mol. The summed E-state index contributed by atoms with van der Waals surface area (Å²) < 4.78 is 75.8. The summed E-state index contributed by atoms with van der Waals surface area (Å²) in [6, 6.07) is 5.19. The minimum absolute atomic E-state index is 0.0715. The lowest BCUT2D eigenvalue weighted by Crippen LogP contribution is -2.16. The van der Waals surface area contributed by atoms with Crippen LogP contribution in [0, 0.1) is 29.4 Å². The minimum atomic E-state index is -4.45. The van der Waals surface area contributed by atoms with Gasteiger partial charge in [-0.2, -0.15) is 5.10 Å². The van der Waals surface area contributed by atoms with Gasteiger partial charge in [-0.15, -0.1) is 0 Å². The molecule has 1 aliphatic heterocycles. The van der Waals surface area contributed by atoms with E-state index < -0.39 is 38.6 Å². The molecular formula is C24H19F3N6O3S. The van der Waals surface area contributed by atoms with Gasteiger partial charge >= 0.3 is 0 Å². The van der Waals surface area contributed by atoms with Gasteiger partial charge in [0.1, 0.15) is 28.4 Å². The van der Waals surface area contributed by atoms with Crippen molar-refractivity contribution in [3.8, 4) is 29.0 Å². The number of nitrogens with zero attached hydrogens (tertiary/aromatic N) is 4. The zero-order valence-corrected chi connectivity index (χ0v) is 20.1. The number of anilines is 1. The molecule has 0 aliphatic carbocycles. The van der Waals surface area contributed by atoms with Crippen molar-refractivity contribution in [3.63, 3.8) is 0 Å². The number of ether oxygens (including phenoxy) is 1. The molecule has 190 valence electrons. The normalized spacial score (nSPS) is 17.4. The quantitative estimate of drug-likeness (QED) is 0.384. The Morgan fingerprint density at radius 3 is 2.76 bits per heavy atom. The molecule has 1 saturated heterocycles. The fourth-order valence-electron chi connectivity index (χ4n) is 3.80. The van der Waals surface area contributed by atoms with Crippen LogP contribution in [-0.4, -0.2) is 54.4 Å². The van der Waals surface area contributed by atoms with Crippen molar-refractivity contribution >= 4 is 21.4 Å². The lowest BCUT2D eigenvalue weighted by Gasteiger charge is -2.13. The van der Waals surface area contributed by atoms with Crippen molar-refractivity contribution in [3.05, 3.63) is 66.1 Å². The zero-order valence-electron chi connectivity index (χ0n) is 19.2. The Labute approximate surface area is 209 Å². The van der Waals surface area contributed by atoms with Crippen LogP contribution in [0.2, 0.25) is 0 Å². The molecule has 1 aromatic carbocycles. The van der Waals surface area contributed by atoms with E-state index in [0.717, 1.165) is 12.1 Å². The average molecular weight is 529 g/mol. The summed E-state index contributed by atoms with van der Waals surface area (Å²) in [5.41, 5.74) is 1.64. The van der Waals surface area contributed by atoms with E-state index in [0.29, 0.717) is 35.1 Å². The zero-order chi connectivity index (χ0) is 26.2. The summed E-state index contributed by atoms with van der Waals surface area (Å²) in [6.07, 6.45) is 3.54. The van der Waals surface area contributed by atoms with Crippen molar-refractivity contribution in [2.45, 2.75) is 11.1 Å². The summed E-state index contributed by atoms with van der Waals surface area (Å²) >= 11 is 0. The van der Waals surface area contributed by atoms with Crippen LogP contribution in [0.1, 0.15) is 5.56 Å². The number of alkyl halides is 1. The van der Waals surface area contributed by atoms with E-state index in [1.165, 1.54) is 30.1 Å². The van der Waals surface area contributed by atoms with Gasteiger partial charge in [-0.3, -0.25) is 4.72 Å². The van der Waals surface area contributed by atoms with E-state index in [4.69, 9.17) is 4.74 Å². The molecule has 4 heterocycles. The van der Waals surface area contributed by atoms with Gasteiger partial charge in [-0.05, 0) is 24.3 Å². The number of hydrogen-bond donors (Lipinski definition) is 2. The first-order valence-corrected chi connectivity index (χ1v) is 12.5. The first kappa shape index (κ1) is 24.5. The highest BCUT2D eigenvalue weighted by molar-refractivity contribution is 7.92. The fraction of sp³-hybridized carbons (Fsp3) is 0.208. The van der Waals surface area contributed by atoms with Gasteiger partial charge in [0.25, 0.3) is 10.0 Å². The number of halogens is 3. The highest BCUT2D eigenvalue weighted by Gasteiger charge is 2.25. The topological polar surface area (TPSA) is 111 Å². The molecule has 0 saturated carbocycles. The number of rotatable bonds is 5. The lowest BCUT2D eigenvalue weighted by molar-refractivity contribution is 0.323. The summed E-state index contributed by atoms with van der Waals surface area (Å²) in [6.45, 7) is 0.727. The highest BCUT2D eigenvalue weighted by atomic mass is 32.2. The maximum Gasteiger partial charge on any atom is 0.264 e. The maximum absolute atomic E-state index is 14.2. The van der Waals surface area contributed by atoms with Crippen LogP contribution in [0.3, 0.4) is 0 Å². The Morgan fingerprint density at radius 1 is 1.19 bits per heavy atom. The molecule has 0 bridgehead atoms. The molecule has 0 amide bonds. The van der Waals surface area contributed by atoms with Gasteiger partial charge in [0.2, 0.25) is 5.88 Å². The second-order valence-electron chi connectivity index (χ2n) is 8.15. The molecule has 2 unspecified atom stereocenters. The number of fused-ring (bicyclic) bond motifs is 1. The monoisotopic (exact) mass is 528 g/mol. The second-order valence-corrected chi connectivity index (χ2v) is 9.80. The van der Waals surface area contributed by atoms with E-state index in [9.17, 15) is 21.6 Å². The average Bonchev–Trinajstić information content (AvgIpc) is 3.47. The van der Waals surface area contributed by atoms with Crippen molar-refractivity contribution in [1.82, 2.24) is 24.9 Å². The molecule has 2 N–H and O–H groups in total. The number of hydrogen-bond acceptors (Lipinski definition) is 7.